The van der Waals surface area contributed by atoms with E-state index in [0.29, 0.717) is 18.9 Å². The second-order valence-electron chi connectivity index (χ2n) is 4.54. The minimum Gasteiger partial charge on any atom is -0.508 e. The largest absolute Gasteiger partial charge is 0.508 e. The number of hydrogen-bond donors (Lipinski definition) is 2. The molecule has 3 aromatic rings. The van der Waals surface area contributed by atoms with Crippen LogP contribution in [0, 0.1) is 0 Å². The van der Waals surface area contributed by atoms with Crippen LogP contribution in [0.1, 0.15) is 11.1 Å². The number of para-hydroxylation sites is 1. The molecule has 0 saturated heterocycles. The Bertz CT molecular complexity index is 716. The molecular formula is C16H15NO3. The van der Waals surface area contributed by atoms with Crippen LogP contribution in [0.2, 0.25) is 0 Å². The zero-order valence-electron chi connectivity index (χ0n) is 10.9. The molecule has 1 heterocycles. The summed E-state index contributed by atoms with van der Waals surface area (Å²) in [5.41, 5.74) is 8.47. The molecule has 2 aromatic carbocycles. The molecule has 0 aliphatic rings. The Balaban J connectivity index is 1.83. The Labute approximate surface area is 116 Å². The summed E-state index contributed by atoms with van der Waals surface area (Å²) >= 11 is 0. The van der Waals surface area contributed by atoms with Crippen LogP contribution < -0.4 is 10.5 Å². The predicted octanol–water partition coefficient (Wildman–Crippen LogP) is 3.18. The fourth-order valence-corrected chi connectivity index (χ4v) is 2.15. The number of aromatic hydroxyl groups is 1. The molecule has 102 valence electrons. The molecule has 0 radical (unpaired) electrons. The highest BCUT2D eigenvalue weighted by Gasteiger charge is 2.09. The monoisotopic (exact) mass is 269 g/mol. The van der Waals surface area contributed by atoms with Crippen molar-refractivity contribution in [1.29, 1.82) is 0 Å². The van der Waals surface area contributed by atoms with E-state index in [2.05, 4.69) is 0 Å². The van der Waals surface area contributed by atoms with Gasteiger partial charge in [0.15, 0.2) is 0 Å². The van der Waals surface area contributed by atoms with Crippen molar-refractivity contribution in [2.24, 2.45) is 5.73 Å². The highest BCUT2D eigenvalue weighted by molar-refractivity contribution is 5.83. The fraction of sp³-hybridized carbons (Fsp3) is 0.125. The quantitative estimate of drug-likeness (QED) is 0.763. The molecule has 20 heavy (non-hydrogen) atoms. The third kappa shape index (κ3) is 2.33. The summed E-state index contributed by atoms with van der Waals surface area (Å²) in [5.74, 6) is 0.922. The number of fused-ring (bicyclic) bond motifs is 1. The average molecular weight is 269 g/mol. The van der Waals surface area contributed by atoms with E-state index in [9.17, 15) is 5.11 Å². The van der Waals surface area contributed by atoms with Gasteiger partial charge in [0.1, 0.15) is 23.7 Å². The summed E-state index contributed by atoms with van der Waals surface area (Å²) in [5, 5.41) is 10.2. The summed E-state index contributed by atoms with van der Waals surface area (Å²) in [6.45, 7) is 0.856. The van der Waals surface area contributed by atoms with Gasteiger partial charge in [-0.05, 0) is 24.3 Å². The van der Waals surface area contributed by atoms with Crippen LogP contribution in [0.15, 0.2) is 53.1 Å². The van der Waals surface area contributed by atoms with Crippen molar-refractivity contribution in [2.45, 2.75) is 13.2 Å². The minimum atomic E-state index is 0.221. The van der Waals surface area contributed by atoms with Crippen molar-refractivity contribution in [2.75, 3.05) is 0 Å². The van der Waals surface area contributed by atoms with Gasteiger partial charge in [0.05, 0.1) is 6.26 Å². The molecule has 3 rings (SSSR count). The number of benzene rings is 2. The van der Waals surface area contributed by atoms with Crippen LogP contribution in [0.4, 0.5) is 0 Å². The normalized spacial score (nSPS) is 10.8. The van der Waals surface area contributed by atoms with Crippen LogP contribution in [0.5, 0.6) is 11.5 Å². The molecule has 0 spiro atoms. The third-order valence-electron chi connectivity index (χ3n) is 3.21. The maximum atomic E-state index is 9.23. The van der Waals surface area contributed by atoms with Gasteiger partial charge in [0.25, 0.3) is 0 Å². The van der Waals surface area contributed by atoms with E-state index >= 15 is 0 Å². The second-order valence-corrected chi connectivity index (χ2v) is 4.54. The lowest BCUT2D eigenvalue weighted by atomic mass is 10.1. The van der Waals surface area contributed by atoms with Gasteiger partial charge in [-0.2, -0.15) is 0 Å². The van der Waals surface area contributed by atoms with Crippen molar-refractivity contribution >= 4 is 11.0 Å². The summed E-state index contributed by atoms with van der Waals surface area (Å²) in [7, 11) is 0. The van der Waals surface area contributed by atoms with Gasteiger partial charge >= 0.3 is 0 Å². The summed E-state index contributed by atoms with van der Waals surface area (Å²) in [6, 6.07) is 12.5. The molecule has 0 atom stereocenters. The highest BCUT2D eigenvalue weighted by Crippen LogP contribution is 2.26. The Morgan fingerprint density at radius 1 is 1.05 bits per heavy atom. The first kappa shape index (κ1) is 12.6. The molecule has 4 nitrogen and oxygen atoms in total. The van der Waals surface area contributed by atoms with E-state index in [-0.39, 0.29) is 5.75 Å². The number of nitrogens with two attached hydrogens (primary N) is 1. The Morgan fingerprint density at radius 3 is 2.60 bits per heavy atom. The number of phenolic OH excluding ortho intramolecular Hbond substituents is 1. The van der Waals surface area contributed by atoms with Crippen LogP contribution in [-0.2, 0) is 13.2 Å². The van der Waals surface area contributed by atoms with E-state index in [1.807, 2.05) is 18.2 Å². The lowest BCUT2D eigenvalue weighted by Crippen LogP contribution is -1.97. The first-order valence-electron chi connectivity index (χ1n) is 6.38. The van der Waals surface area contributed by atoms with Gasteiger partial charge in [-0.15, -0.1) is 0 Å². The lowest BCUT2D eigenvalue weighted by molar-refractivity contribution is 0.305. The molecule has 0 aliphatic heterocycles. The smallest absolute Gasteiger partial charge is 0.138 e. The SMILES string of the molecule is NCc1cccc2c(COc3ccc(O)cc3)coc12. The van der Waals surface area contributed by atoms with Crippen molar-refractivity contribution in [3.05, 3.63) is 59.9 Å². The number of rotatable bonds is 4. The number of hydrogen-bond acceptors (Lipinski definition) is 4. The van der Waals surface area contributed by atoms with E-state index in [4.69, 9.17) is 14.9 Å². The van der Waals surface area contributed by atoms with Gasteiger partial charge in [-0.1, -0.05) is 18.2 Å². The molecule has 1 aromatic heterocycles. The lowest BCUT2D eigenvalue weighted by Gasteiger charge is -2.05. The Kier molecular flexibility index (Phi) is 3.31. The maximum absolute atomic E-state index is 9.23. The Hall–Kier alpha value is -2.46. The number of furan rings is 1. The third-order valence-corrected chi connectivity index (χ3v) is 3.21. The second kappa shape index (κ2) is 5.27. The topological polar surface area (TPSA) is 68.6 Å². The molecule has 0 unspecified atom stereocenters. The van der Waals surface area contributed by atoms with Crippen LogP contribution >= 0.6 is 0 Å². The molecule has 0 saturated carbocycles. The zero-order chi connectivity index (χ0) is 13.9. The summed E-state index contributed by atoms with van der Waals surface area (Å²) < 4.78 is 11.3. The molecule has 4 heteroatoms. The first-order valence-corrected chi connectivity index (χ1v) is 6.38. The van der Waals surface area contributed by atoms with Gasteiger partial charge in [-0.3, -0.25) is 0 Å². The van der Waals surface area contributed by atoms with E-state index in [1.54, 1.807) is 30.5 Å². The molecule has 0 aliphatic carbocycles. The molecule has 0 fully saturated rings. The predicted molar refractivity (Wildman–Crippen MR) is 76.5 cm³/mol. The van der Waals surface area contributed by atoms with Gasteiger partial charge in [0.2, 0.25) is 0 Å². The summed E-state index contributed by atoms with van der Waals surface area (Å²) in [4.78, 5) is 0. The van der Waals surface area contributed by atoms with Crippen LogP contribution in [-0.4, -0.2) is 5.11 Å². The van der Waals surface area contributed by atoms with Crippen LogP contribution in [0.25, 0.3) is 11.0 Å². The summed E-state index contributed by atoms with van der Waals surface area (Å²) in [6.07, 6.45) is 1.70. The fourth-order valence-electron chi connectivity index (χ4n) is 2.15. The molecule has 0 bridgehead atoms. The molecule has 0 amide bonds. The zero-order valence-corrected chi connectivity index (χ0v) is 10.9. The molecule has 3 N–H and O–H groups in total. The van der Waals surface area contributed by atoms with Crippen molar-refractivity contribution in [1.82, 2.24) is 0 Å². The van der Waals surface area contributed by atoms with Gasteiger partial charge < -0.3 is 20.0 Å². The maximum Gasteiger partial charge on any atom is 0.138 e. The first-order chi connectivity index (χ1) is 9.78. The highest BCUT2D eigenvalue weighted by atomic mass is 16.5. The van der Waals surface area contributed by atoms with E-state index in [1.165, 1.54) is 0 Å². The number of phenols is 1. The average Bonchev–Trinajstić information content (AvgIpc) is 2.90. The van der Waals surface area contributed by atoms with Crippen molar-refractivity contribution < 1.29 is 14.3 Å². The van der Waals surface area contributed by atoms with E-state index in [0.717, 1.165) is 22.1 Å². The van der Waals surface area contributed by atoms with Crippen molar-refractivity contribution in [3.63, 3.8) is 0 Å². The van der Waals surface area contributed by atoms with Crippen molar-refractivity contribution in [3.8, 4) is 11.5 Å². The van der Waals surface area contributed by atoms with Gasteiger partial charge in [-0.25, -0.2) is 0 Å². The standard InChI is InChI=1S/C16H15NO3/c17-8-11-2-1-3-15-12(10-20-16(11)15)9-19-14-6-4-13(18)5-7-14/h1-7,10,18H,8-9,17H2. The molecular weight excluding hydrogens is 254 g/mol. The van der Waals surface area contributed by atoms with Gasteiger partial charge in [0, 0.05) is 23.1 Å². The van der Waals surface area contributed by atoms with Crippen LogP contribution in [0.3, 0.4) is 0 Å². The number of ether oxygens (including phenoxy) is 1. The Morgan fingerprint density at radius 2 is 1.85 bits per heavy atom. The van der Waals surface area contributed by atoms with E-state index < -0.39 is 0 Å². The minimum absolute atomic E-state index is 0.221.